The van der Waals surface area contributed by atoms with Gasteiger partial charge in [0.15, 0.2) is 0 Å². The predicted octanol–water partition coefficient (Wildman–Crippen LogP) is 1.83. The van der Waals surface area contributed by atoms with Gasteiger partial charge in [-0.25, -0.2) is 4.98 Å². The molecular weight excluding hydrogens is 342 g/mol. The van der Waals surface area contributed by atoms with E-state index in [4.69, 9.17) is 5.73 Å². The highest BCUT2D eigenvalue weighted by atomic mass is 16.2. The predicted molar refractivity (Wildman–Crippen MR) is 105 cm³/mol. The molecule has 0 bridgehead atoms. The van der Waals surface area contributed by atoms with Crippen molar-refractivity contribution in [3.63, 3.8) is 0 Å². The molecule has 2 fully saturated rings. The van der Waals surface area contributed by atoms with Crippen LogP contribution < -0.4 is 11.1 Å². The van der Waals surface area contributed by atoms with Gasteiger partial charge >= 0.3 is 0 Å². The summed E-state index contributed by atoms with van der Waals surface area (Å²) >= 11 is 0. The molecule has 0 radical (unpaired) electrons. The number of amides is 2. The van der Waals surface area contributed by atoms with Gasteiger partial charge in [-0.05, 0) is 31.3 Å². The third kappa shape index (κ3) is 5.42. The van der Waals surface area contributed by atoms with E-state index >= 15 is 0 Å². The number of aromatic amines is 1. The van der Waals surface area contributed by atoms with Crippen LogP contribution in [0.15, 0.2) is 18.6 Å². The van der Waals surface area contributed by atoms with E-state index in [0.29, 0.717) is 25.4 Å². The average Bonchev–Trinajstić information content (AvgIpc) is 3.37. The van der Waals surface area contributed by atoms with E-state index < -0.39 is 12.1 Å². The Balaban J connectivity index is 1.47. The van der Waals surface area contributed by atoms with Gasteiger partial charge in [-0.3, -0.25) is 9.59 Å². The first-order valence-corrected chi connectivity index (χ1v) is 10.1. The van der Waals surface area contributed by atoms with Crippen LogP contribution >= 0.6 is 0 Å². The molecule has 0 spiro atoms. The number of likely N-dealkylation sites (tertiary alicyclic amines) is 1. The lowest BCUT2D eigenvalue weighted by molar-refractivity contribution is -0.139. The molecular formula is C20H31N5O2. The second-order valence-electron chi connectivity index (χ2n) is 7.69. The number of carbonyl (C=O) groups excluding carboxylic acids is 2. The normalized spacial score (nSPS) is 22.3. The van der Waals surface area contributed by atoms with Gasteiger partial charge in [-0.2, -0.15) is 0 Å². The molecule has 4 N–H and O–H groups in total. The van der Waals surface area contributed by atoms with Crippen LogP contribution in [0.1, 0.15) is 57.1 Å². The standard InChI is InChI=1S/C20H31N5O2/c21-17(12-15-6-2-1-3-7-15)20(27)25-11-5-9-18(25)19(26)23-10-4-8-16-13-22-14-24-16/h4,8,13-15,17-18H,1-3,5-7,9-12,21H2,(H,22,24)(H,23,26)/b8-4+/t17-,18+/m1/s1. The maximum Gasteiger partial charge on any atom is 0.243 e. The quantitative estimate of drug-likeness (QED) is 0.678. The number of nitrogens with one attached hydrogen (secondary N) is 2. The number of nitrogens with two attached hydrogens (primary N) is 1. The molecule has 0 aromatic carbocycles. The molecule has 2 amide bonds. The van der Waals surface area contributed by atoms with Crippen LogP contribution in [0.3, 0.4) is 0 Å². The first kappa shape index (κ1) is 19.6. The summed E-state index contributed by atoms with van der Waals surface area (Å²) in [5.41, 5.74) is 7.11. The summed E-state index contributed by atoms with van der Waals surface area (Å²) in [5.74, 6) is 0.395. The topological polar surface area (TPSA) is 104 Å². The van der Waals surface area contributed by atoms with Gasteiger partial charge in [0.2, 0.25) is 11.8 Å². The summed E-state index contributed by atoms with van der Waals surface area (Å²) in [4.78, 5) is 34.0. The zero-order valence-corrected chi connectivity index (χ0v) is 15.9. The van der Waals surface area contributed by atoms with Crippen molar-refractivity contribution in [2.75, 3.05) is 13.1 Å². The van der Waals surface area contributed by atoms with Crippen LogP contribution in [0.2, 0.25) is 0 Å². The smallest absolute Gasteiger partial charge is 0.243 e. The molecule has 1 aromatic heterocycles. The number of rotatable bonds is 7. The molecule has 1 aliphatic heterocycles. The van der Waals surface area contributed by atoms with Crippen molar-refractivity contribution in [3.8, 4) is 0 Å². The fourth-order valence-corrected chi connectivity index (χ4v) is 4.22. The molecule has 0 unspecified atom stereocenters. The lowest BCUT2D eigenvalue weighted by atomic mass is 9.84. The van der Waals surface area contributed by atoms with Gasteiger partial charge in [0.1, 0.15) is 6.04 Å². The summed E-state index contributed by atoms with van der Waals surface area (Å²) in [6.45, 7) is 1.05. The molecule has 148 valence electrons. The summed E-state index contributed by atoms with van der Waals surface area (Å²) in [6.07, 6.45) is 15.5. The monoisotopic (exact) mass is 373 g/mol. The van der Waals surface area contributed by atoms with Crippen molar-refractivity contribution in [1.29, 1.82) is 0 Å². The van der Waals surface area contributed by atoms with E-state index in [0.717, 1.165) is 18.5 Å². The Morgan fingerprint density at radius 2 is 2.11 bits per heavy atom. The molecule has 7 nitrogen and oxygen atoms in total. The lowest BCUT2D eigenvalue weighted by Gasteiger charge is -2.29. The summed E-state index contributed by atoms with van der Waals surface area (Å²) < 4.78 is 0. The Bertz CT molecular complexity index is 637. The van der Waals surface area contributed by atoms with Crippen LogP contribution in [0.5, 0.6) is 0 Å². The maximum atomic E-state index is 12.8. The Hall–Kier alpha value is -2.15. The van der Waals surface area contributed by atoms with Crippen LogP contribution in [-0.2, 0) is 9.59 Å². The van der Waals surface area contributed by atoms with Gasteiger partial charge in [0, 0.05) is 13.1 Å². The van der Waals surface area contributed by atoms with Gasteiger partial charge in [0.05, 0.1) is 24.3 Å². The Labute approximate surface area is 160 Å². The second-order valence-corrected chi connectivity index (χ2v) is 7.69. The average molecular weight is 374 g/mol. The minimum Gasteiger partial charge on any atom is -0.351 e. The van der Waals surface area contributed by atoms with Gasteiger partial charge < -0.3 is 20.9 Å². The van der Waals surface area contributed by atoms with Crippen LogP contribution in [0, 0.1) is 5.92 Å². The fraction of sp³-hybridized carbons (Fsp3) is 0.650. The lowest BCUT2D eigenvalue weighted by Crippen LogP contribution is -2.51. The van der Waals surface area contributed by atoms with E-state index in [-0.39, 0.29) is 11.8 Å². The van der Waals surface area contributed by atoms with Crippen molar-refractivity contribution < 1.29 is 9.59 Å². The number of hydrogen-bond donors (Lipinski definition) is 3. The minimum atomic E-state index is -0.484. The minimum absolute atomic E-state index is 0.0637. The SMILES string of the molecule is N[C@H](CC1CCCCC1)C(=O)N1CCC[C@H]1C(=O)NC/C=C/c1cnc[nH]1. The molecule has 1 aliphatic carbocycles. The Morgan fingerprint density at radius 1 is 1.30 bits per heavy atom. The fourth-order valence-electron chi connectivity index (χ4n) is 4.22. The highest BCUT2D eigenvalue weighted by Crippen LogP contribution is 2.28. The number of aromatic nitrogens is 2. The molecule has 7 heteroatoms. The number of nitrogens with zero attached hydrogens (tertiary/aromatic N) is 2. The van der Waals surface area contributed by atoms with Crippen molar-refractivity contribution in [1.82, 2.24) is 20.2 Å². The van der Waals surface area contributed by atoms with Crippen LogP contribution in [0.25, 0.3) is 6.08 Å². The summed E-state index contributed by atoms with van der Waals surface area (Å²) in [5, 5.41) is 2.90. The number of imidazole rings is 1. The van der Waals surface area contributed by atoms with Gasteiger partial charge in [0.25, 0.3) is 0 Å². The number of H-pyrrole nitrogens is 1. The Morgan fingerprint density at radius 3 is 2.85 bits per heavy atom. The molecule has 3 rings (SSSR count). The zero-order chi connectivity index (χ0) is 19.1. The molecule has 27 heavy (non-hydrogen) atoms. The Kier molecular flexibility index (Phi) is 7.04. The molecule has 2 aliphatic rings. The third-order valence-electron chi connectivity index (χ3n) is 5.68. The number of hydrogen-bond acceptors (Lipinski definition) is 4. The molecule has 2 atom stereocenters. The van der Waals surface area contributed by atoms with E-state index in [1.54, 1.807) is 17.4 Å². The first-order chi connectivity index (χ1) is 13.1. The van der Waals surface area contributed by atoms with E-state index in [2.05, 4.69) is 15.3 Å². The summed E-state index contributed by atoms with van der Waals surface area (Å²) in [6, 6.07) is -0.878. The summed E-state index contributed by atoms with van der Waals surface area (Å²) in [7, 11) is 0. The molecule has 1 saturated carbocycles. The zero-order valence-electron chi connectivity index (χ0n) is 15.9. The van der Waals surface area contributed by atoms with Crippen molar-refractivity contribution in [2.45, 2.75) is 63.5 Å². The van der Waals surface area contributed by atoms with Crippen LogP contribution in [-0.4, -0.2) is 51.9 Å². The third-order valence-corrected chi connectivity index (χ3v) is 5.68. The van der Waals surface area contributed by atoms with Gasteiger partial charge in [-0.1, -0.05) is 38.2 Å². The largest absolute Gasteiger partial charge is 0.351 e. The molecule has 1 aromatic rings. The molecule has 2 heterocycles. The maximum absolute atomic E-state index is 12.8. The van der Waals surface area contributed by atoms with Crippen molar-refractivity contribution >= 4 is 17.9 Å². The second kappa shape index (κ2) is 9.69. The van der Waals surface area contributed by atoms with E-state index in [1.807, 2.05) is 12.2 Å². The number of carbonyl (C=O) groups is 2. The first-order valence-electron chi connectivity index (χ1n) is 10.1. The molecule has 1 saturated heterocycles. The van der Waals surface area contributed by atoms with Gasteiger partial charge in [-0.15, -0.1) is 0 Å². The highest BCUT2D eigenvalue weighted by molar-refractivity contribution is 5.90. The van der Waals surface area contributed by atoms with Crippen LogP contribution in [0.4, 0.5) is 0 Å². The highest BCUT2D eigenvalue weighted by Gasteiger charge is 2.36. The van der Waals surface area contributed by atoms with Crippen molar-refractivity contribution in [2.24, 2.45) is 11.7 Å². The van der Waals surface area contributed by atoms with E-state index in [1.165, 1.54) is 32.1 Å². The van der Waals surface area contributed by atoms with Crippen molar-refractivity contribution in [3.05, 3.63) is 24.3 Å². The van der Waals surface area contributed by atoms with E-state index in [9.17, 15) is 9.59 Å².